The van der Waals surface area contributed by atoms with Gasteiger partial charge in [-0.05, 0) is 35.2 Å². The highest BCUT2D eigenvalue weighted by Crippen LogP contribution is 2.37. The summed E-state index contributed by atoms with van der Waals surface area (Å²) in [5.74, 6) is 0. The van der Waals surface area contributed by atoms with Crippen molar-refractivity contribution >= 4 is 21.8 Å². The Bertz CT molecular complexity index is 804. The minimum Gasteiger partial charge on any atom is -0.195 e. The van der Waals surface area contributed by atoms with Crippen LogP contribution in [-0.2, 0) is 16.6 Å². The largest absolute Gasteiger partial charge is 0.282 e. The lowest BCUT2D eigenvalue weighted by Gasteiger charge is -2.38. The summed E-state index contributed by atoms with van der Waals surface area (Å²) in [5, 5.41) is 0.639. The fourth-order valence-corrected chi connectivity index (χ4v) is 4.36. The second-order valence-corrected chi connectivity index (χ2v) is 8.34. The van der Waals surface area contributed by atoms with E-state index in [2.05, 4.69) is 6.07 Å². The molecule has 0 bridgehead atoms. The van der Waals surface area contributed by atoms with Crippen LogP contribution in [0.4, 0.5) is 0 Å². The van der Waals surface area contributed by atoms with Crippen LogP contribution in [0.2, 0.25) is 5.02 Å². The molecule has 2 aromatic rings. The fourth-order valence-electron chi connectivity index (χ4n) is 2.99. The molecule has 0 fully saturated rings. The van der Waals surface area contributed by atoms with Crippen molar-refractivity contribution in [2.75, 3.05) is 20.6 Å². The number of hydrogen-bond donors (Lipinski definition) is 0. The lowest BCUT2D eigenvalue weighted by atomic mass is 9.90. The molecule has 0 aliphatic carbocycles. The van der Waals surface area contributed by atoms with Gasteiger partial charge in [0.15, 0.2) is 0 Å². The smallest absolute Gasteiger partial charge is 0.195 e. The summed E-state index contributed by atoms with van der Waals surface area (Å²) in [5.41, 5.74) is 3.15. The molecule has 1 unspecified atom stereocenters. The molecule has 1 heterocycles. The molecular formula is C17H19ClN2O2S. The van der Waals surface area contributed by atoms with Crippen molar-refractivity contribution < 1.29 is 8.42 Å². The minimum atomic E-state index is -3.52. The highest BCUT2D eigenvalue weighted by molar-refractivity contribution is 7.86. The number of fused-ring (bicyclic) bond motifs is 1. The molecule has 1 aliphatic rings. The van der Waals surface area contributed by atoms with E-state index >= 15 is 0 Å². The van der Waals surface area contributed by atoms with Gasteiger partial charge in [0.25, 0.3) is 10.2 Å². The molecular weight excluding hydrogens is 332 g/mol. The molecule has 0 saturated heterocycles. The van der Waals surface area contributed by atoms with E-state index in [0.29, 0.717) is 18.0 Å². The van der Waals surface area contributed by atoms with E-state index in [1.807, 2.05) is 30.3 Å². The summed E-state index contributed by atoms with van der Waals surface area (Å²) in [4.78, 5) is 0. The molecule has 4 nitrogen and oxygen atoms in total. The van der Waals surface area contributed by atoms with Crippen LogP contribution in [-0.4, -0.2) is 37.7 Å². The first-order chi connectivity index (χ1) is 10.9. The second-order valence-electron chi connectivity index (χ2n) is 5.80. The van der Waals surface area contributed by atoms with Gasteiger partial charge in [-0.15, -0.1) is 0 Å². The molecule has 1 atom stereocenters. The number of hydrogen-bond acceptors (Lipinski definition) is 2. The Hall–Kier alpha value is -1.40. The van der Waals surface area contributed by atoms with Crippen molar-refractivity contribution in [1.82, 2.24) is 8.61 Å². The van der Waals surface area contributed by atoms with E-state index in [1.165, 1.54) is 9.87 Å². The zero-order valence-electron chi connectivity index (χ0n) is 13.1. The van der Waals surface area contributed by atoms with Gasteiger partial charge in [0.1, 0.15) is 0 Å². The van der Waals surface area contributed by atoms with Gasteiger partial charge < -0.3 is 0 Å². The van der Waals surface area contributed by atoms with Gasteiger partial charge in [0.2, 0.25) is 0 Å². The van der Waals surface area contributed by atoms with Crippen molar-refractivity contribution in [3.63, 3.8) is 0 Å². The molecule has 0 amide bonds. The third-order valence-electron chi connectivity index (χ3n) is 4.18. The number of rotatable bonds is 3. The molecule has 3 rings (SSSR count). The van der Waals surface area contributed by atoms with Crippen LogP contribution in [0, 0.1) is 0 Å². The highest BCUT2D eigenvalue weighted by atomic mass is 35.5. The van der Waals surface area contributed by atoms with E-state index in [-0.39, 0.29) is 6.04 Å². The molecule has 0 saturated carbocycles. The summed E-state index contributed by atoms with van der Waals surface area (Å²) in [6, 6.07) is 15.1. The van der Waals surface area contributed by atoms with E-state index in [1.54, 1.807) is 30.5 Å². The fraction of sp³-hybridized carbons (Fsp3) is 0.294. The van der Waals surface area contributed by atoms with Crippen molar-refractivity contribution in [1.29, 1.82) is 0 Å². The van der Waals surface area contributed by atoms with Gasteiger partial charge in [-0.2, -0.15) is 17.0 Å². The van der Waals surface area contributed by atoms with Gasteiger partial charge in [-0.25, -0.2) is 0 Å². The lowest BCUT2D eigenvalue weighted by molar-refractivity contribution is 0.320. The first-order valence-corrected chi connectivity index (χ1v) is 9.21. The summed E-state index contributed by atoms with van der Waals surface area (Å²) in [7, 11) is -0.388. The van der Waals surface area contributed by atoms with Gasteiger partial charge in [-0.3, -0.25) is 0 Å². The maximum atomic E-state index is 12.8. The van der Waals surface area contributed by atoms with Crippen molar-refractivity contribution in [3.8, 4) is 0 Å². The molecule has 0 aromatic heterocycles. The van der Waals surface area contributed by atoms with Gasteiger partial charge in [-0.1, -0.05) is 48.0 Å². The first-order valence-electron chi connectivity index (χ1n) is 7.44. The normalized spacial score (nSPS) is 18.9. The van der Waals surface area contributed by atoms with Gasteiger partial charge >= 0.3 is 0 Å². The Labute approximate surface area is 142 Å². The van der Waals surface area contributed by atoms with Crippen LogP contribution in [0.25, 0.3) is 0 Å². The molecule has 0 radical (unpaired) electrons. The standard InChI is InChI=1S/C17H19ClN2O2S/c1-19(2)23(21,22)20-12-11-13-5-3-4-6-16(13)17(20)14-7-9-15(18)10-8-14/h3-10,17H,11-12H2,1-2H3. The summed E-state index contributed by atoms with van der Waals surface area (Å²) < 4.78 is 28.4. The third kappa shape index (κ3) is 3.02. The Morgan fingerprint density at radius 1 is 1.09 bits per heavy atom. The van der Waals surface area contributed by atoms with Crippen LogP contribution < -0.4 is 0 Å². The topological polar surface area (TPSA) is 40.6 Å². The molecule has 6 heteroatoms. The molecule has 0 N–H and O–H groups in total. The minimum absolute atomic E-state index is 0.329. The van der Waals surface area contributed by atoms with Gasteiger partial charge in [0, 0.05) is 25.7 Å². The molecule has 0 spiro atoms. The van der Waals surface area contributed by atoms with Crippen molar-refractivity contribution in [2.24, 2.45) is 0 Å². The van der Waals surface area contributed by atoms with Gasteiger partial charge in [0.05, 0.1) is 6.04 Å². The maximum Gasteiger partial charge on any atom is 0.282 e. The first kappa shape index (κ1) is 16.5. The predicted octanol–water partition coefficient (Wildman–Crippen LogP) is 3.09. The lowest BCUT2D eigenvalue weighted by Crippen LogP contribution is -2.45. The highest BCUT2D eigenvalue weighted by Gasteiger charge is 2.37. The monoisotopic (exact) mass is 350 g/mol. The summed E-state index contributed by atoms with van der Waals surface area (Å²) in [6.45, 7) is 0.463. The molecule has 23 heavy (non-hydrogen) atoms. The summed E-state index contributed by atoms with van der Waals surface area (Å²) in [6.07, 6.45) is 0.716. The molecule has 2 aromatic carbocycles. The van der Waals surface area contributed by atoms with Crippen LogP contribution in [0.1, 0.15) is 22.7 Å². The van der Waals surface area contributed by atoms with Crippen LogP contribution in [0.3, 0.4) is 0 Å². The second kappa shape index (κ2) is 6.24. The zero-order valence-corrected chi connectivity index (χ0v) is 14.7. The van der Waals surface area contributed by atoms with Crippen molar-refractivity contribution in [2.45, 2.75) is 12.5 Å². The van der Waals surface area contributed by atoms with Crippen LogP contribution >= 0.6 is 11.6 Å². The quantitative estimate of drug-likeness (QED) is 0.853. The van der Waals surface area contributed by atoms with Crippen LogP contribution in [0.5, 0.6) is 0 Å². The van der Waals surface area contributed by atoms with Crippen LogP contribution in [0.15, 0.2) is 48.5 Å². The third-order valence-corrected chi connectivity index (χ3v) is 6.34. The Morgan fingerprint density at radius 3 is 2.39 bits per heavy atom. The Kier molecular flexibility index (Phi) is 4.47. The number of nitrogens with zero attached hydrogens (tertiary/aromatic N) is 2. The van der Waals surface area contributed by atoms with E-state index in [4.69, 9.17) is 11.6 Å². The predicted molar refractivity (Wildman–Crippen MR) is 92.8 cm³/mol. The number of halogens is 1. The Morgan fingerprint density at radius 2 is 1.74 bits per heavy atom. The summed E-state index contributed by atoms with van der Waals surface area (Å²) >= 11 is 5.99. The Balaban J connectivity index is 2.16. The number of benzene rings is 2. The maximum absolute atomic E-state index is 12.8. The molecule has 1 aliphatic heterocycles. The zero-order chi connectivity index (χ0) is 16.6. The van der Waals surface area contributed by atoms with Crippen molar-refractivity contribution in [3.05, 3.63) is 70.2 Å². The van der Waals surface area contributed by atoms with E-state index in [0.717, 1.165) is 11.1 Å². The average molecular weight is 351 g/mol. The SMILES string of the molecule is CN(C)S(=O)(=O)N1CCc2ccccc2C1c1ccc(Cl)cc1. The van der Waals surface area contributed by atoms with E-state index < -0.39 is 10.2 Å². The van der Waals surface area contributed by atoms with E-state index in [9.17, 15) is 8.42 Å². The molecule has 122 valence electrons. The average Bonchev–Trinajstić information content (AvgIpc) is 2.54.